The average molecular weight is 407 g/mol. The van der Waals surface area contributed by atoms with Crippen LogP contribution in [0.25, 0.3) is 22.3 Å². The van der Waals surface area contributed by atoms with Crippen LogP contribution in [0.3, 0.4) is 0 Å². The number of carbonyl (C=O) groups excluding carboxylic acids is 1. The molecule has 0 fully saturated rings. The predicted octanol–water partition coefficient (Wildman–Crippen LogP) is 3.11. The minimum absolute atomic E-state index is 0.0252. The number of rotatable bonds is 5. The Kier molecular flexibility index (Phi) is 4.94. The fraction of sp³-hybridized carbons (Fsp3) is 0.238. The smallest absolute Gasteiger partial charge is 0.242 e. The fourth-order valence-corrected chi connectivity index (χ4v) is 3.32. The molecule has 0 atom stereocenters. The fourth-order valence-electron chi connectivity index (χ4n) is 3.32. The Morgan fingerprint density at radius 3 is 2.77 bits per heavy atom. The third kappa shape index (κ3) is 3.49. The van der Waals surface area contributed by atoms with Crippen molar-refractivity contribution >= 4 is 28.6 Å². The van der Waals surface area contributed by atoms with Gasteiger partial charge in [-0.05, 0) is 25.1 Å². The Balaban J connectivity index is 1.70. The Bertz CT molecular complexity index is 1240. The van der Waals surface area contributed by atoms with Gasteiger partial charge in [0.05, 0.1) is 17.5 Å². The van der Waals surface area contributed by atoms with Crippen molar-refractivity contribution in [2.75, 3.05) is 19.4 Å². The quantitative estimate of drug-likeness (QED) is 0.550. The van der Waals surface area contributed by atoms with Crippen molar-refractivity contribution in [1.82, 2.24) is 29.2 Å². The number of hydrogen-bond donors (Lipinski definition) is 1. The number of carbonyl (C=O) groups is 1. The molecule has 0 spiro atoms. The van der Waals surface area contributed by atoms with E-state index in [-0.39, 0.29) is 18.3 Å². The lowest BCUT2D eigenvalue weighted by atomic mass is 10.1. The standard InChI is InChI=1S/C21H22FN7O/c1-13-18(14-6-5-7-15(22)10-14)26-28(4)21(13)25-20-19-16(8-9-23-20)29(12-24-19)11-17(30)27(2)3/h5-10,12H,11H2,1-4H3,(H,23,25). The largest absolute Gasteiger partial charge is 0.347 e. The third-order valence-electron chi connectivity index (χ3n) is 4.96. The number of amides is 1. The summed E-state index contributed by atoms with van der Waals surface area (Å²) in [5.41, 5.74) is 3.71. The predicted molar refractivity (Wildman–Crippen MR) is 113 cm³/mol. The van der Waals surface area contributed by atoms with E-state index in [1.54, 1.807) is 46.8 Å². The van der Waals surface area contributed by atoms with Crippen LogP contribution in [0, 0.1) is 12.7 Å². The highest BCUT2D eigenvalue weighted by Gasteiger charge is 2.17. The van der Waals surface area contributed by atoms with Gasteiger partial charge < -0.3 is 14.8 Å². The maximum Gasteiger partial charge on any atom is 0.242 e. The Labute approximate surface area is 173 Å². The van der Waals surface area contributed by atoms with Gasteiger partial charge in [-0.25, -0.2) is 14.4 Å². The monoisotopic (exact) mass is 407 g/mol. The van der Waals surface area contributed by atoms with Crippen LogP contribution in [0.15, 0.2) is 42.9 Å². The number of nitrogens with one attached hydrogen (secondary N) is 1. The van der Waals surface area contributed by atoms with Gasteiger partial charge in [0, 0.05) is 38.5 Å². The molecule has 4 rings (SSSR count). The lowest BCUT2D eigenvalue weighted by Crippen LogP contribution is -2.25. The van der Waals surface area contributed by atoms with E-state index in [9.17, 15) is 9.18 Å². The summed E-state index contributed by atoms with van der Waals surface area (Å²) in [6.07, 6.45) is 3.30. The third-order valence-corrected chi connectivity index (χ3v) is 4.96. The summed E-state index contributed by atoms with van der Waals surface area (Å²) in [4.78, 5) is 22.5. The number of likely N-dealkylation sites (N-methyl/N-ethyl adjacent to an activating group) is 1. The molecule has 1 N–H and O–H groups in total. The highest BCUT2D eigenvalue weighted by atomic mass is 19.1. The van der Waals surface area contributed by atoms with Gasteiger partial charge in [-0.3, -0.25) is 9.48 Å². The molecule has 9 heteroatoms. The van der Waals surface area contributed by atoms with Crippen molar-refractivity contribution in [3.05, 3.63) is 54.2 Å². The number of aryl methyl sites for hydroxylation is 1. The molecule has 0 saturated heterocycles. The first-order valence-corrected chi connectivity index (χ1v) is 9.41. The number of benzene rings is 1. The van der Waals surface area contributed by atoms with Crippen molar-refractivity contribution in [3.8, 4) is 11.3 Å². The van der Waals surface area contributed by atoms with Crippen LogP contribution in [-0.4, -0.2) is 49.2 Å². The molecule has 154 valence electrons. The summed E-state index contributed by atoms with van der Waals surface area (Å²) in [6, 6.07) is 8.18. The minimum Gasteiger partial charge on any atom is -0.347 e. The SMILES string of the molecule is Cc1c(-c2cccc(F)c2)nn(C)c1Nc1nccc2c1ncn2CC(=O)N(C)C. The molecular formula is C21H22FN7O. The summed E-state index contributed by atoms with van der Waals surface area (Å²) < 4.78 is 17.1. The summed E-state index contributed by atoms with van der Waals surface area (Å²) in [5, 5.41) is 7.85. The maximum atomic E-state index is 13.7. The van der Waals surface area contributed by atoms with Crippen molar-refractivity contribution in [2.24, 2.45) is 7.05 Å². The zero-order valence-corrected chi connectivity index (χ0v) is 17.2. The molecule has 8 nitrogen and oxygen atoms in total. The van der Waals surface area contributed by atoms with Gasteiger partial charge in [-0.15, -0.1) is 0 Å². The number of anilines is 2. The van der Waals surface area contributed by atoms with Crippen molar-refractivity contribution < 1.29 is 9.18 Å². The van der Waals surface area contributed by atoms with E-state index in [4.69, 9.17) is 0 Å². The van der Waals surface area contributed by atoms with E-state index in [1.807, 2.05) is 26.1 Å². The molecule has 1 amide bonds. The van der Waals surface area contributed by atoms with E-state index in [0.717, 1.165) is 16.9 Å². The summed E-state index contributed by atoms with van der Waals surface area (Å²) in [5.74, 6) is 0.952. The molecule has 0 unspecified atom stereocenters. The van der Waals surface area contributed by atoms with Gasteiger partial charge in [-0.1, -0.05) is 12.1 Å². The van der Waals surface area contributed by atoms with Crippen molar-refractivity contribution in [3.63, 3.8) is 0 Å². The van der Waals surface area contributed by atoms with E-state index >= 15 is 0 Å². The van der Waals surface area contributed by atoms with Crippen LogP contribution in [0.5, 0.6) is 0 Å². The summed E-state index contributed by atoms with van der Waals surface area (Å²) >= 11 is 0. The Morgan fingerprint density at radius 1 is 1.23 bits per heavy atom. The van der Waals surface area contributed by atoms with E-state index < -0.39 is 0 Å². The van der Waals surface area contributed by atoms with Crippen LogP contribution >= 0.6 is 0 Å². The normalized spacial score (nSPS) is 11.1. The number of imidazole rings is 1. The Hall–Kier alpha value is -3.75. The molecule has 4 aromatic rings. The lowest BCUT2D eigenvalue weighted by Gasteiger charge is -2.11. The minimum atomic E-state index is -0.309. The second-order valence-electron chi connectivity index (χ2n) is 7.27. The number of aromatic nitrogens is 5. The molecular weight excluding hydrogens is 385 g/mol. The van der Waals surface area contributed by atoms with Gasteiger partial charge in [0.15, 0.2) is 5.82 Å². The van der Waals surface area contributed by atoms with Crippen LogP contribution in [0.1, 0.15) is 5.56 Å². The molecule has 0 aliphatic heterocycles. The number of pyridine rings is 1. The highest BCUT2D eigenvalue weighted by Crippen LogP contribution is 2.31. The zero-order valence-electron chi connectivity index (χ0n) is 17.2. The van der Waals surface area contributed by atoms with Crippen LogP contribution in [0.4, 0.5) is 16.0 Å². The van der Waals surface area contributed by atoms with Gasteiger partial charge in [-0.2, -0.15) is 5.10 Å². The topological polar surface area (TPSA) is 80.9 Å². The molecule has 1 aromatic carbocycles. The lowest BCUT2D eigenvalue weighted by molar-refractivity contribution is -0.129. The number of halogens is 1. The zero-order chi connectivity index (χ0) is 21.4. The van der Waals surface area contributed by atoms with Gasteiger partial charge >= 0.3 is 0 Å². The second-order valence-corrected chi connectivity index (χ2v) is 7.27. The van der Waals surface area contributed by atoms with Crippen molar-refractivity contribution in [1.29, 1.82) is 0 Å². The highest BCUT2D eigenvalue weighted by molar-refractivity contribution is 5.89. The van der Waals surface area contributed by atoms with E-state index in [0.29, 0.717) is 22.6 Å². The average Bonchev–Trinajstić information content (AvgIpc) is 3.24. The molecule has 0 radical (unpaired) electrons. The first-order chi connectivity index (χ1) is 14.3. The number of nitrogens with zero attached hydrogens (tertiary/aromatic N) is 6. The molecule has 3 aromatic heterocycles. The van der Waals surface area contributed by atoms with Crippen molar-refractivity contribution in [2.45, 2.75) is 13.5 Å². The van der Waals surface area contributed by atoms with Gasteiger partial charge in [0.25, 0.3) is 0 Å². The Morgan fingerprint density at radius 2 is 2.03 bits per heavy atom. The van der Waals surface area contributed by atoms with Gasteiger partial charge in [0.1, 0.15) is 23.7 Å². The molecule has 30 heavy (non-hydrogen) atoms. The van der Waals surface area contributed by atoms with Crippen LogP contribution in [0.2, 0.25) is 0 Å². The molecule has 3 heterocycles. The van der Waals surface area contributed by atoms with Crippen LogP contribution in [-0.2, 0) is 18.4 Å². The van der Waals surface area contributed by atoms with Crippen LogP contribution < -0.4 is 5.32 Å². The summed E-state index contributed by atoms with van der Waals surface area (Å²) in [6.45, 7) is 2.12. The molecule has 0 aliphatic rings. The molecule has 0 bridgehead atoms. The van der Waals surface area contributed by atoms with E-state index in [2.05, 4.69) is 20.4 Å². The number of hydrogen-bond acceptors (Lipinski definition) is 5. The summed E-state index contributed by atoms with van der Waals surface area (Å²) in [7, 11) is 5.25. The van der Waals surface area contributed by atoms with E-state index in [1.165, 1.54) is 12.1 Å². The first-order valence-electron chi connectivity index (χ1n) is 9.41. The maximum absolute atomic E-state index is 13.7. The number of fused-ring (bicyclic) bond motifs is 1. The second kappa shape index (κ2) is 7.58. The first kappa shape index (κ1) is 19.6. The molecule has 0 saturated carbocycles. The molecule has 0 aliphatic carbocycles. The van der Waals surface area contributed by atoms with Gasteiger partial charge in [0.2, 0.25) is 5.91 Å².